The molecule has 0 nitrogen and oxygen atoms in total. The Bertz CT molecular complexity index is 176. The Morgan fingerprint density at radius 3 is 2.78 bits per heavy atom. The SMILES string of the molecule is CCc1[c]cc(Br)cc1. The summed E-state index contributed by atoms with van der Waals surface area (Å²) in [5, 5.41) is 0. The van der Waals surface area contributed by atoms with Crippen molar-refractivity contribution in [2.24, 2.45) is 0 Å². The van der Waals surface area contributed by atoms with Crippen LogP contribution in [-0.4, -0.2) is 0 Å². The van der Waals surface area contributed by atoms with Gasteiger partial charge in [0.05, 0.1) is 0 Å². The molecule has 0 aliphatic heterocycles. The summed E-state index contributed by atoms with van der Waals surface area (Å²) in [6.07, 6.45) is 1.06. The van der Waals surface area contributed by atoms with Gasteiger partial charge in [-0.15, -0.1) is 0 Å². The van der Waals surface area contributed by atoms with Crippen molar-refractivity contribution in [2.45, 2.75) is 13.3 Å². The lowest BCUT2D eigenvalue weighted by Gasteiger charge is -1.92. The Kier molecular flexibility index (Phi) is 2.29. The van der Waals surface area contributed by atoms with Crippen molar-refractivity contribution in [3.8, 4) is 0 Å². The fourth-order valence-corrected chi connectivity index (χ4v) is 0.905. The van der Waals surface area contributed by atoms with Crippen molar-refractivity contribution in [2.75, 3.05) is 0 Å². The molecule has 0 fully saturated rings. The Morgan fingerprint density at radius 2 is 2.33 bits per heavy atom. The van der Waals surface area contributed by atoms with Crippen LogP contribution in [0, 0.1) is 6.07 Å². The van der Waals surface area contributed by atoms with Gasteiger partial charge in [-0.2, -0.15) is 0 Å². The lowest BCUT2D eigenvalue weighted by molar-refractivity contribution is 1.13. The maximum atomic E-state index is 3.34. The monoisotopic (exact) mass is 183 g/mol. The standard InChI is InChI=1S/C8H8Br/c1-2-7-3-5-8(9)6-4-7/h3,5-6H,2H2,1H3. The number of hydrogen-bond acceptors (Lipinski definition) is 0. The predicted octanol–water partition coefficient (Wildman–Crippen LogP) is 2.81. The van der Waals surface area contributed by atoms with Gasteiger partial charge in [-0.1, -0.05) is 28.9 Å². The molecule has 1 heteroatoms. The van der Waals surface area contributed by atoms with E-state index in [9.17, 15) is 0 Å². The summed E-state index contributed by atoms with van der Waals surface area (Å²) in [4.78, 5) is 0. The highest BCUT2D eigenvalue weighted by atomic mass is 79.9. The van der Waals surface area contributed by atoms with Gasteiger partial charge in [-0.05, 0) is 30.2 Å². The third-order valence-electron chi connectivity index (χ3n) is 1.22. The first kappa shape index (κ1) is 6.81. The van der Waals surface area contributed by atoms with Crippen LogP contribution in [0.15, 0.2) is 22.7 Å². The van der Waals surface area contributed by atoms with Crippen LogP contribution >= 0.6 is 15.9 Å². The van der Waals surface area contributed by atoms with Gasteiger partial charge in [0.25, 0.3) is 0 Å². The summed E-state index contributed by atoms with van der Waals surface area (Å²) in [5.41, 5.74) is 1.26. The van der Waals surface area contributed by atoms with Crippen LogP contribution in [0.4, 0.5) is 0 Å². The zero-order valence-corrected chi connectivity index (χ0v) is 6.90. The zero-order valence-electron chi connectivity index (χ0n) is 5.32. The Balaban J connectivity index is 2.88. The quantitative estimate of drug-likeness (QED) is 0.629. The minimum absolute atomic E-state index is 1.06. The molecule has 9 heavy (non-hydrogen) atoms. The van der Waals surface area contributed by atoms with Gasteiger partial charge in [0.1, 0.15) is 0 Å². The van der Waals surface area contributed by atoms with E-state index in [0.29, 0.717) is 0 Å². The van der Waals surface area contributed by atoms with Crippen LogP contribution < -0.4 is 0 Å². The van der Waals surface area contributed by atoms with Crippen LogP contribution in [0.3, 0.4) is 0 Å². The highest BCUT2D eigenvalue weighted by Crippen LogP contribution is 2.09. The van der Waals surface area contributed by atoms with Crippen molar-refractivity contribution < 1.29 is 0 Å². The molecule has 0 saturated carbocycles. The van der Waals surface area contributed by atoms with Crippen molar-refractivity contribution in [3.63, 3.8) is 0 Å². The summed E-state index contributed by atoms with van der Waals surface area (Å²) >= 11 is 3.34. The summed E-state index contributed by atoms with van der Waals surface area (Å²) in [6.45, 7) is 2.12. The molecule has 0 atom stereocenters. The van der Waals surface area contributed by atoms with Gasteiger partial charge in [-0.25, -0.2) is 0 Å². The van der Waals surface area contributed by atoms with Gasteiger partial charge < -0.3 is 0 Å². The third-order valence-corrected chi connectivity index (χ3v) is 1.71. The summed E-state index contributed by atoms with van der Waals surface area (Å²) < 4.78 is 1.10. The summed E-state index contributed by atoms with van der Waals surface area (Å²) in [7, 11) is 0. The maximum Gasteiger partial charge on any atom is 0.0181 e. The molecule has 0 aliphatic carbocycles. The third kappa shape index (κ3) is 1.83. The Morgan fingerprint density at radius 1 is 1.56 bits per heavy atom. The van der Waals surface area contributed by atoms with E-state index in [1.165, 1.54) is 5.56 Å². The lowest BCUT2D eigenvalue weighted by Crippen LogP contribution is -1.76. The van der Waals surface area contributed by atoms with E-state index in [4.69, 9.17) is 0 Å². The fraction of sp³-hybridized carbons (Fsp3) is 0.250. The zero-order chi connectivity index (χ0) is 6.69. The van der Waals surface area contributed by atoms with Gasteiger partial charge >= 0.3 is 0 Å². The van der Waals surface area contributed by atoms with Crippen molar-refractivity contribution in [1.82, 2.24) is 0 Å². The molecule has 1 rings (SSSR count). The molecule has 0 aromatic heterocycles. The molecule has 0 bridgehead atoms. The molecular formula is C8H8Br. The first-order valence-electron chi connectivity index (χ1n) is 2.99. The van der Waals surface area contributed by atoms with Gasteiger partial charge in [-0.3, -0.25) is 0 Å². The number of hydrogen-bond donors (Lipinski definition) is 0. The Labute approximate surface area is 64.0 Å². The summed E-state index contributed by atoms with van der Waals surface area (Å²) in [5.74, 6) is 0. The van der Waals surface area contributed by atoms with Crippen LogP contribution in [0.5, 0.6) is 0 Å². The molecule has 0 aliphatic rings. The molecule has 0 saturated heterocycles. The summed E-state index contributed by atoms with van der Waals surface area (Å²) in [6, 6.07) is 9.19. The van der Waals surface area contributed by atoms with E-state index >= 15 is 0 Å². The molecule has 0 heterocycles. The minimum atomic E-state index is 1.06. The molecule has 0 amide bonds. The highest BCUT2D eigenvalue weighted by molar-refractivity contribution is 9.10. The maximum absolute atomic E-state index is 3.34. The number of rotatable bonds is 1. The Hall–Kier alpha value is -0.300. The van der Waals surface area contributed by atoms with E-state index < -0.39 is 0 Å². The molecule has 1 aromatic rings. The largest absolute Gasteiger partial charge is 0.0613 e. The van der Waals surface area contributed by atoms with Crippen molar-refractivity contribution in [1.29, 1.82) is 0 Å². The van der Waals surface area contributed by atoms with E-state index in [0.717, 1.165) is 10.9 Å². The van der Waals surface area contributed by atoms with Crippen molar-refractivity contribution in [3.05, 3.63) is 34.3 Å². The average molecular weight is 184 g/mol. The molecule has 0 unspecified atom stereocenters. The van der Waals surface area contributed by atoms with Gasteiger partial charge in [0.2, 0.25) is 0 Å². The van der Waals surface area contributed by atoms with E-state index in [1.54, 1.807) is 0 Å². The molecule has 1 aromatic carbocycles. The molecule has 0 N–H and O–H groups in total. The van der Waals surface area contributed by atoms with Crippen molar-refractivity contribution >= 4 is 15.9 Å². The van der Waals surface area contributed by atoms with E-state index in [-0.39, 0.29) is 0 Å². The van der Waals surface area contributed by atoms with Crippen LogP contribution in [-0.2, 0) is 6.42 Å². The number of aryl methyl sites for hydroxylation is 1. The normalized spacial score (nSPS) is 9.56. The highest BCUT2D eigenvalue weighted by Gasteiger charge is 1.86. The number of benzene rings is 1. The molecular weight excluding hydrogens is 176 g/mol. The second-order valence-corrected chi connectivity index (χ2v) is 2.80. The first-order valence-corrected chi connectivity index (χ1v) is 3.78. The van der Waals surface area contributed by atoms with Gasteiger partial charge in [0.15, 0.2) is 0 Å². The molecule has 1 radical (unpaired) electrons. The minimum Gasteiger partial charge on any atom is -0.0613 e. The molecule has 47 valence electrons. The van der Waals surface area contributed by atoms with E-state index in [2.05, 4.69) is 35.0 Å². The van der Waals surface area contributed by atoms with E-state index in [1.807, 2.05) is 12.1 Å². The smallest absolute Gasteiger partial charge is 0.0181 e. The topological polar surface area (TPSA) is 0 Å². The average Bonchev–Trinajstić information content (AvgIpc) is 1.90. The second-order valence-electron chi connectivity index (χ2n) is 1.89. The molecule has 0 spiro atoms. The number of halogens is 1. The predicted molar refractivity (Wildman–Crippen MR) is 42.4 cm³/mol. The van der Waals surface area contributed by atoms with Crippen LogP contribution in [0.25, 0.3) is 0 Å². The van der Waals surface area contributed by atoms with Crippen LogP contribution in [0.1, 0.15) is 12.5 Å². The first-order chi connectivity index (χ1) is 4.33. The lowest BCUT2D eigenvalue weighted by atomic mass is 10.2. The van der Waals surface area contributed by atoms with Crippen LogP contribution in [0.2, 0.25) is 0 Å². The fourth-order valence-electron chi connectivity index (χ4n) is 0.658. The second kappa shape index (κ2) is 3.02. The van der Waals surface area contributed by atoms with Gasteiger partial charge in [0, 0.05) is 4.47 Å².